The third-order valence-electron chi connectivity index (χ3n) is 4.28. The van der Waals surface area contributed by atoms with E-state index in [4.69, 9.17) is 33.9 Å². The lowest BCUT2D eigenvalue weighted by Gasteiger charge is -2.21. The van der Waals surface area contributed by atoms with E-state index < -0.39 is 0 Å². The minimum absolute atomic E-state index is 0.509. The van der Waals surface area contributed by atoms with Crippen LogP contribution >= 0.6 is 23.2 Å². The van der Waals surface area contributed by atoms with Gasteiger partial charge in [0.25, 0.3) is 0 Å². The van der Waals surface area contributed by atoms with Crippen molar-refractivity contribution in [3.63, 3.8) is 0 Å². The van der Waals surface area contributed by atoms with Gasteiger partial charge in [-0.25, -0.2) is 4.98 Å². The standard InChI is InChI=1S/C16H19Cl2N3/c1-21-15(19)14(11-7-12(17)9-13(18)8-11)20-16(21)10-5-3-2-4-6-10/h7-10H,2-6,19H2,1H3. The summed E-state index contributed by atoms with van der Waals surface area (Å²) < 4.78 is 2.01. The molecule has 1 saturated carbocycles. The zero-order valence-electron chi connectivity index (χ0n) is 12.1. The van der Waals surface area contributed by atoms with Crippen molar-refractivity contribution in [2.24, 2.45) is 7.05 Å². The number of hydrogen-bond donors (Lipinski definition) is 1. The lowest BCUT2D eigenvalue weighted by Crippen LogP contribution is -2.11. The number of hydrogen-bond acceptors (Lipinski definition) is 2. The van der Waals surface area contributed by atoms with Crippen molar-refractivity contribution in [3.05, 3.63) is 34.1 Å². The number of rotatable bonds is 2. The highest BCUT2D eigenvalue weighted by atomic mass is 35.5. The highest BCUT2D eigenvalue weighted by molar-refractivity contribution is 6.35. The van der Waals surface area contributed by atoms with Crippen molar-refractivity contribution in [3.8, 4) is 11.3 Å². The molecular weight excluding hydrogens is 305 g/mol. The molecule has 0 aliphatic heterocycles. The first kappa shape index (κ1) is 14.7. The number of benzene rings is 1. The molecule has 2 N–H and O–H groups in total. The first-order valence-corrected chi connectivity index (χ1v) is 8.10. The van der Waals surface area contributed by atoms with Gasteiger partial charge in [-0.15, -0.1) is 0 Å². The Morgan fingerprint density at radius 1 is 1.10 bits per heavy atom. The van der Waals surface area contributed by atoms with E-state index in [1.807, 2.05) is 23.7 Å². The van der Waals surface area contributed by atoms with Crippen LogP contribution in [0, 0.1) is 0 Å². The summed E-state index contributed by atoms with van der Waals surface area (Å²) in [7, 11) is 1.99. The Morgan fingerprint density at radius 2 is 1.71 bits per heavy atom. The molecule has 1 aliphatic carbocycles. The van der Waals surface area contributed by atoms with E-state index in [9.17, 15) is 0 Å². The molecule has 3 nitrogen and oxygen atoms in total. The number of nitrogens with zero attached hydrogens (tertiary/aromatic N) is 2. The van der Waals surface area contributed by atoms with Crippen molar-refractivity contribution < 1.29 is 0 Å². The minimum Gasteiger partial charge on any atom is -0.383 e. The second-order valence-corrected chi connectivity index (χ2v) is 6.63. The fraction of sp³-hybridized carbons (Fsp3) is 0.438. The Balaban J connectivity index is 2.03. The summed E-state index contributed by atoms with van der Waals surface area (Å²) in [6.07, 6.45) is 6.26. The molecule has 0 saturated heterocycles. The van der Waals surface area contributed by atoms with E-state index in [1.165, 1.54) is 32.1 Å². The van der Waals surface area contributed by atoms with Crippen molar-refractivity contribution in [2.75, 3.05) is 5.73 Å². The number of nitrogen functional groups attached to an aromatic ring is 1. The third kappa shape index (κ3) is 2.90. The fourth-order valence-electron chi connectivity index (χ4n) is 3.16. The quantitative estimate of drug-likeness (QED) is 0.842. The van der Waals surface area contributed by atoms with Gasteiger partial charge in [-0.05, 0) is 31.0 Å². The molecule has 3 rings (SSSR count). The molecule has 1 aliphatic rings. The number of anilines is 1. The molecule has 0 atom stereocenters. The van der Waals surface area contributed by atoms with Gasteiger partial charge in [-0.1, -0.05) is 42.5 Å². The highest BCUT2D eigenvalue weighted by Gasteiger charge is 2.23. The van der Waals surface area contributed by atoms with Crippen LogP contribution in [0.25, 0.3) is 11.3 Å². The first-order valence-electron chi connectivity index (χ1n) is 7.35. The van der Waals surface area contributed by atoms with Gasteiger partial charge in [0.2, 0.25) is 0 Å². The van der Waals surface area contributed by atoms with Gasteiger partial charge in [-0.2, -0.15) is 0 Å². The predicted molar refractivity (Wildman–Crippen MR) is 88.9 cm³/mol. The van der Waals surface area contributed by atoms with Gasteiger partial charge >= 0.3 is 0 Å². The van der Waals surface area contributed by atoms with Crippen LogP contribution in [-0.4, -0.2) is 9.55 Å². The molecule has 1 fully saturated rings. The van der Waals surface area contributed by atoms with Gasteiger partial charge in [0.15, 0.2) is 0 Å². The minimum atomic E-state index is 0.509. The average molecular weight is 324 g/mol. The zero-order valence-corrected chi connectivity index (χ0v) is 13.6. The SMILES string of the molecule is Cn1c(C2CCCCC2)nc(-c2cc(Cl)cc(Cl)c2)c1N. The Morgan fingerprint density at radius 3 is 2.33 bits per heavy atom. The van der Waals surface area contributed by atoms with Crippen LogP contribution in [0.15, 0.2) is 18.2 Å². The maximum absolute atomic E-state index is 6.26. The van der Waals surface area contributed by atoms with Gasteiger partial charge in [0.05, 0.1) is 0 Å². The van der Waals surface area contributed by atoms with Gasteiger partial charge in [-0.3, -0.25) is 0 Å². The molecule has 112 valence electrons. The molecule has 0 unspecified atom stereocenters. The Labute approximate surface area is 135 Å². The Hall–Kier alpha value is -1.19. The molecule has 1 aromatic heterocycles. The topological polar surface area (TPSA) is 43.8 Å². The van der Waals surface area contributed by atoms with Gasteiger partial charge < -0.3 is 10.3 Å². The molecule has 0 amide bonds. The maximum Gasteiger partial charge on any atom is 0.131 e. The molecule has 1 aromatic carbocycles. The molecule has 2 aromatic rings. The smallest absolute Gasteiger partial charge is 0.131 e. The van der Waals surface area contributed by atoms with E-state index in [2.05, 4.69) is 0 Å². The van der Waals surface area contributed by atoms with E-state index in [-0.39, 0.29) is 0 Å². The number of halogens is 2. The first-order chi connectivity index (χ1) is 10.1. The molecule has 21 heavy (non-hydrogen) atoms. The average Bonchev–Trinajstić information content (AvgIpc) is 2.75. The van der Waals surface area contributed by atoms with Crippen molar-refractivity contribution in [1.29, 1.82) is 0 Å². The van der Waals surface area contributed by atoms with Crippen molar-refractivity contribution >= 4 is 29.0 Å². The molecule has 5 heteroatoms. The van der Waals surface area contributed by atoms with E-state index in [0.29, 0.717) is 21.8 Å². The molecule has 0 radical (unpaired) electrons. The van der Waals surface area contributed by atoms with Gasteiger partial charge in [0, 0.05) is 28.6 Å². The van der Waals surface area contributed by atoms with E-state index >= 15 is 0 Å². The van der Waals surface area contributed by atoms with E-state index in [0.717, 1.165) is 17.1 Å². The number of aromatic nitrogens is 2. The molecule has 1 heterocycles. The normalized spacial score (nSPS) is 16.3. The van der Waals surface area contributed by atoms with Crippen LogP contribution in [0.5, 0.6) is 0 Å². The van der Waals surface area contributed by atoms with Crippen molar-refractivity contribution in [2.45, 2.75) is 38.0 Å². The molecule has 0 spiro atoms. The summed E-state index contributed by atoms with van der Waals surface area (Å²) in [4.78, 5) is 4.81. The summed E-state index contributed by atoms with van der Waals surface area (Å²) in [6, 6.07) is 5.43. The second kappa shape index (κ2) is 5.90. The van der Waals surface area contributed by atoms with Crippen LogP contribution in [0.3, 0.4) is 0 Å². The Bertz CT molecular complexity index is 638. The monoisotopic (exact) mass is 323 g/mol. The fourth-order valence-corrected chi connectivity index (χ4v) is 3.68. The van der Waals surface area contributed by atoms with Crippen LogP contribution < -0.4 is 5.73 Å². The van der Waals surface area contributed by atoms with Crippen LogP contribution in [0.4, 0.5) is 5.82 Å². The van der Waals surface area contributed by atoms with Crippen LogP contribution in [0.2, 0.25) is 10.0 Å². The zero-order chi connectivity index (χ0) is 15.0. The highest BCUT2D eigenvalue weighted by Crippen LogP contribution is 2.36. The second-order valence-electron chi connectivity index (χ2n) is 5.76. The number of imidazole rings is 1. The van der Waals surface area contributed by atoms with E-state index in [1.54, 1.807) is 6.07 Å². The lowest BCUT2D eigenvalue weighted by molar-refractivity contribution is 0.422. The maximum atomic E-state index is 6.26. The van der Waals surface area contributed by atoms with Crippen LogP contribution in [0.1, 0.15) is 43.8 Å². The summed E-state index contributed by atoms with van der Waals surface area (Å²) in [5.41, 5.74) is 7.91. The summed E-state index contributed by atoms with van der Waals surface area (Å²) in [5.74, 6) is 2.27. The molecular formula is C16H19Cl2N3. The largest absolute Gasteiger partial charge is 0.383 e. The molecule has 0 bridgehead atoms. The summed E-state index contributed by atoms with van der Waals surface area (Å²) in [5, 5.41) is 1.20. The van der Waals surface area contributed by atoms with Crippen LogP contribution in [-0.2, 0) is 7.05 Å². The summed E-state index contributed by atoms with van der Waals surface area (Å²) in [6.45, 7) is 0. The third-order valence-corrected chi connectivity index (χ3v) is 4.72. The number of nitrogens with two attached hydrogens (primary N) is 1. The Kier molecular flexibility index (Phi) is 4.14. The lowest BCUT2D eigenvalue weighted by atomic mass is 9.89. The summed E-state index contributed by atoms with van der Waals surface area (Å²) >= 11 is 12.2. The van der Waals surface area contributed by atoms with Gasteiger partial charge in [0.1, 0.15) is 17.3 Å². The predicted octanol–water partition coefficient (Wildman–Crippen LogP) is 5.02. The van der Waals surface area contributed by atoms with Crippen molar-refractivity contribution in [1.82, 2.24) is 9.55 Å².